The SMILES string of the molecule is C=C(C)C(=O)OCCNC(C)(C)C.C=CCOC(=O)C(=C)C. The summed E-state index contributed by atoms with van der Waals surface area (Å²) in [5.74, 6) is -0.689. The second-order valence-electron chi connectivity index (χ2n) is 5.76. The van der Waals surface area contributed by atoms with Crippen molar-refractivity contribution in [3.63, 3.8) is 0 Å². The first-order valence-corrected chi connectivity index (χ1v) is 7.02. The summed E-state index contributed by atoms with van der Waals surface area (Å²) in [6.07, 6.45) is 1.51. The highest BCUT2D eigenvalue weighted by molar-refractivity contribution is 5.87. The first-order chi connectivity index (χ1) is 10.0. The molecule has 1 N–H and O–H groups in total. The average Bonchev–Trinajstić information content (AvgIpc) is 2.40. The normalized spacial score (nSPS) is 9.86. The highest BCUT2D eigenvalue weighted by atomic mass is 16.5. The molecule has 5 heteroatoms. The summed E-state index contributed by atoms with van der Waals surface area (Å²) in [5, 5.41) is 3.21. The summed E-state index contributed by atoms with van der Waals surface area (Å²) in [6.45, 7) is 21.0. The molecule has 0 saturated heterocycles. The van der Waals surface area contributed by atoms with Crippen LogP contribution in [0.3, 0.4) is 0 Å². The van der Waals surface area contributed by atoms with Crippen molar-refractivity contribution in [2.45, 2.75) is 40.2 Å². The fourth-order valence-electron chi connectivity index (χ4n) is 0.951. The molecule has 5 nitrogen and oxygen atoms in total. The predicted octanol–water partition coefficient (Wildman–Crippen LogP) is 2.79. The van der Waals surface area contributed by atoms with Crippen LogP contribution in [0.25, 0.3) is 0 Å². The maximum atomic E-state index is 10.9. The van der Waals surface area contributed by atoms with Gasteiger partial charge in [0, 0.05) is 23.2 Å². The van der Waals surface area contributed by atoms with E-state index in [1.807, 2.05) is 0 Å². The molecule has 0 aliphatic heterocycles. The molecule has 0 bridgehead atoms. The van der Waals surface area contributed by atoms with Crippen LogP contribution in [0.1, 0.15) is 34.6 Å². The standard InChI is InChI=1S/C10H19NO2.C7H10O2/c1-8(2)9(12)13-7-6-11-10(3,4)5;1-4-5-9-7(8)6(2)3/h11H,1,6-7H2,2-5H3;4H,1-2,5H2,3H3. The lowest BCUT2D eigenvalue weighted by Crippen LogP contribution is -2.38. The quantitative estimate of drug-likeness (QED) is 0.339. The summed E-state index contributed by atoms with van der Waals surface area (Å²) >= 11 is 0. The van der Waals surface area contributed by atoms with E-state index in [0.717, 1.165) is 0 Å². The third-order valence-electron chi connectivity index (χ3n) is 2.02. The number of hydrogen-bond donors (Lipinski definition) is 1. The van der Waals surface area contributed by atoms with Crippen LogP contribution in [0.15, 0.2) is 37.0 Å². The Labute approximate surface area is 134 Å². The van der Waals surface area contributed by atoms with Gasteiger partial charge < -0.3 is 14.8 Å². The Bertz CT molecular complexity index is 405. The molecule has 0 aromatic rings. The van der Waals surface area contributed by atoms with Gasteiger partial charge in [0.05, 0.1) is 0 Å². The fourth-order valence-corrected chi connectivity index (χ4v) is 0.951. The summed E-state index contributed by atoms with van der Waals surface area (Å²) < 4.78 is 9.49. The fraction of sp³-hybridized carbons (Fsp3) is 0.529. The van der Waals surface area contributed by atoms with Gasteiger partial charge in [-0.15, -0.1) is 0 Å². The molecule has 0 saturated carbocycles. The molecule has 0 rings (SSSR count). The van der Waals surface area contributed by atoms with E-state index in [4.69, 9.17) is 4.74 Å². The summed E-state index contributed by atoms with van der Waals surface area (Å²) in [7, 11) is 0. The van der Waals surface area contributed by atoms with Gasteiger partial charge in [0.2, 0.25) is 0 Å². The van der Waals surface area contributed by atoms with E-state index >= 15 is 0 Å². The minimum absolute atomic E-state index is 0.0651. The van der Waals surface area contributed by atoms with E-state index < -0.39 is 0 Å². The van der Waals surface area contributed by atoms with Crippen molar-refractivity contribution in [3.8, 4) is 0 Å². The smallest absolute Gasteiger partial charge is 0.333 e. The van der Waals surface area contributed by atoms with Gasteiger partial charge in [-0.25, -0.2) is 9.59 Å². The van der Waals surface area contributed by atoms with Crippen molar-refractivity contribution < 1.29 is 19.1 Å². The Morgan fingerprint density at radius 1 is 1.05 bits per heavy atom. The van der Waals surface area contributed by atoms with Crippen LogP contribution in [-0.4, -0.2) is 37.2 Å². The molecule has 0 aromatic carbocycles. The summed E-state index contributed by atoms with van der Waals surface area (Å²) in [6, 6.07) is 0. The molecule has 126 valence electrons. The number of carbonyl (C=O) groups excluding carboxylic acids is 2. The monoisotopic (exact) mass is 311 g/mol. The van der Waals surface area contributed by atoms with Crippen LogP contribution in [0.4, 0.5) is 0 Å². The van der Waals surface area contributed by atoms with Crippen LogP contribution in [0, 0.1) is 0 Å². The van der Waals surface area contributed by atoms with Crippen LogP contribution >= 0.6 is 0 Å². The Balaban J connectivity index is 0. The molecular weight excluding hydrogens is 282 g/mol. The molecule has 0 aromatic heterocycles. The maximum Gasteiger partial charge on any atom is 0.333 e. The van der Waals surface area contributed by atoms with E-state index in [0.29, 0.717) is 24.3 Å². The van der Waals surface area contributed by atoms with Gasteiger partial charge in [0.1, 0.15) is 13.2 Å². The molecule has 0 amide bonds. The highest BCUT2D eigenvalue weighted by Gasteiger charge is 2.08. The largest absolute Gasteiger partial charge is 0.461 e. The van der Waals surface area contributed by atoms with Crippen LogP contribution in [0.2, 0.25) is 0 Å². The van der Waals surface area contributed by atoms with Crippen molar-refractivity contribution >= 4 is 11.9 Å². The first kappa shape index (κ1) is 22.4. The lowest BCUT2D eigenvalue weighted by molar-refractivity contribution is -0.139. The van der Waals surface area contributed by atoms with Crippen LogP contribution in [0.5, 0.6) is 0 Å². The molecule has 0 spiro atoms. The Kier molecular flexibility index (Phi) is 12.0. The van der Waals surface area contributed by atoms with Gasteiger partial charge >= 0.3 is 11.9 Å². The van der Waals surface area contributed by atoms with Gasteiger partial charge in [-0.3, -0.25) is 0 Å². The Morgan fingerprint density at radius 2 is 1.50 bits per heavy atom. The number of ether oxygens (including phenoxy) is 2. The molecule has 0 fully saturated rings. The van der Waals surface area contributed by atoms with E-state index in [2.05, 4.69) is 50.6 Å². The van der Waals surface area contributed by atoms with Crippen LogP contribution < -0.4 is 5.32 Å². The number of carbonyl (C=O) groups is 2. The van der Waals surface area contributed by atoms with Gasteiger partial charge in [-0.2, -0.15) is 0 Å². The van der Waals surface area contributed by atoms with Crippen molar-refractivity contribution in [2.75, 3.05) is 19.8 Å². The minimum atomic E-state index is -0.366. The highest BCUT2D eigenvalue weighted by Crippen LogP contribution is 1.97. The van der Waals surface area contributed by atoms with Gasteiger partial charge in [-0.05, 0) is 34.6 Å². The van der Waals surface area contributed by atoms with Gasteiger partial charge in [0.15, 0.2) is 0 Å². The zero-order valence-electron chi connectivity index (χ0n) is 14.5. The molecule has 0 aliphatic rings. The first-order valence-electron chi connectivity index (χ1n) is 7.02. The summed E-state index contributed by atoms with van der Waals surface area (Å²) in [5.41, 5.74) is 0.919. The van der Waals surface area contributed by atoms with Gasteiger partial charge in [-0.1, -0.05) is 25.8 Å². The molecule has 0 unspecified atom stereocenters. The third kappa shape index (κ3) is 16.2. The van der Waals surface area contributed by atoms with Crippen molar-refractivity contribution in [1.82, 2.24) is 5.32 Å². The second kappa shape index (κ2) is 11.7. The molecular formula is C17H29NO4. The van der Waals surface area contributed by atoms with Crippen molar-refractivity contribution in [3.05, 3.63) is 37.0 Å². The number of esters is 2. The molecule has 0 radical (unpaired) electrons. The van der Waals surface area contributed by atoms with Gasteiger partial charge in [0.25, 0.3) is 0 Å². The molecule has 22 heavy (non-hydrogen) atoms. The van der Waals surface area contributed by atoms with E-state index in [9.17, 15) is 9.59 Å². The van der Waals surface area contributed by atoms with E-state index in [1.54, 1.807) is 13.8 Å². The zero-order chi connectivity index (χ0) is 17.8. The molecule has 0 heterocycles. The van der Waals surface area contributed by atoms with E-state index in [1.165, 1.54) is 6.08 Å². The zero-order valence-corrected chi connectivity index (χ0v) is 14.5. The number of nitrogens with one attached hydrogen (secondary N) is 1. The average molecular weight is 311 g/mol. The molecule has 0 aliphatic carbocycles. The lowest BCUT2D eigenvalue weighted by Gasteiger charge is -2.20. The predicted molar refractivity (Wildman–Crippen MR) is 89.5 cm³/mol. The minimum Gasteiger partial charge on any atom is -0.461 e. The van der Waals surface area contributed by atoms with Crippen molar-refractivity contribution in [1.29, 1.82) is 0 Å². The number of rotatable bonds is 7. The summed E-state index contributed by atoms with van der Waals surface area (Å²) in [4.78, 5) is 21.4. The molecule has 0 atom stereocenters. The second-order valence-corrected chi connectivity index (χ2v) is 5.76. The van der Waals surface area contributed by atoms with Crippen LogP contribution in [-0.2, 0) is 19.1 Å². The number of hydrogen-bond acceptors (Lipinski definition) is 5. The van der Waals surface area contributed by atoms with Crippen molar-refractivity contribution in [2.24, 2.45) is 0 Å². The topological polar surface area (TPSA) is 64.6 Å². The van der Waals surface area contributed by atoms with E-state index in [-0.39, 0.29) is 24.1 Å². The maximum absolute atomic E-state index is 10.9. The lowest BCUT2D eigenvalue weighted by atomic mass is 10.1. The Morgan fingerprint density at radius 3 is 1.86 bits per heavy atom. The third-order valence-corrected chi connectivity index (χ3v) is 2.02. The Hall–Kier alpha value is -1.88.